The number of carbonyl (C=O) groups is 1. The number of carbonyl (C=O) groups excluding carboxylic acids is 1. The molecule has 0 radical (unpaired) electrons. The molecular weight excluding hydrogens is 418 g/mol. The van der Waals surface area contributed by atoms with E-state index in [0.29, 0.717) is 18.0 Å². The first-order chi connectivity index (χ1) is 15.4. The van der Waals surface area contributed by atoms with E-state index in [1.54, 1.807) is 18.1 Å². The maximum Gasteiger partial charge on any atom is 0.145 e. The molecule has 1 N–H and O–H groups in total. The van der Waals surface area contributed by atoms with Crippen molar-refractivity contribution in [1.82, 2.24) is 4.90 Å². The Morgan fingerprint density at radius 3 is 2.66 bits per heavy atom. The first kappa shape index (κ1) is 27.9. The lowest BCUT2D eigenvalue weighted by molar-refractivity contribution is -0.104. The van der Waals surface area contributed by atoms with E-state index in [9.17, 15) is 9.90 Å². The number of rotatable bonds is 14. The van der Waals surface area contributed by atoms with Gasteiger partial charge in [0, 0.05) is 37.6 Å². The smallest absolute Gasteiger partial charge is 0.145 e. The molecule has 0 amide bonds. The van der Waals surface area contributed by atoms with Gasteiger partial charge in [-0.15, -0.1) is 11.8 Å². The van der Waals surface area contributed by atoms with E-state index in [1.807, 2.05) is 44.2 Å². The summed E-state index contributed by atoms with van der Waals surface area (Å²) in [5.74, 6) is 1.36. The molecule has 32 heavy (non-hydrogen) atoms. The van der Waals surface area contributed by atoms with E-state index in [-0.39, 0.29) is 12.6 Å². The van der Waals surface area contributed by atoms with Gasteiger partial charge in [0.1, 0.15) is 6.29 Å². The summed E-state index contributed by atoms with van der Waals surface area (Å²) in [5, 5.41) is 10.4. The number of hydrogen-bond acceptors (Lipinski definition) is 5. The highest BCUT2D eigenvalue weighted by Gasteiger charge is 2.18. The van der Waals surface area contributed by atoms with Crippen molar-refractivity contribution in [2.45, 2.75) is 59.4 Å². The third kappa shape index (κ3) is 8.75. The lowest BCUT2D eigenvalue weighted by Crippen LogP contribution is -2.30. The van der Waals surface area contributed by atoms with Crippen molar-refractivity contribution in [3.63, 3.8) is 0 Å². The van der Waals surface area contributed by atoms with Crippen molar-refractivity contribution in [3.05, 3.63) is 58.3 Å². The third-order valence-corrected chi connectivity index (χ3v) is 6.27. The number of aldehydes is 1. The molecule has 0 fully saturated rings. The molecule has 1 rings (SSSR count). The highest BCUT2D eigenvalue weighted by molar-refractivity contribution is 8.03. The van der Waals surface area contributed by atoms with Gasteiger partial charge in [0.15, 0.2) is 0 Å². The van der Waals surface area contributed by atoms with Crippen LogP contribution in [-0.4, -0.2) is 54.3 Å². The normalized spacial score (nSPS) is 18.6. The molecule has 1 heterocycles. The summed E-state index contributed by atoms with van der Waals surface area (Å²) < 4.78 is 0. The SMILES string of the molecule is C=C(CC1C=C(SCC)N=CC1)C(=C/C)/C(=C\C)C(=C/C=O)/N=CN(C)C(CC)CCO. The van der Waals surface area contributed by atoms with Gasteiger partial charge in [0.25, 0.3) is 0 Å². The van der Waals surface area contributed by atoms with Gasteiger partial charge in [-0.25, -0.2) is 4.99 Å². The maximum atomic E-state index is 11.4. The van der Waals surface area contributed by atoms with E-state index in [4.69, 9.17) is 0 Å². The van der Waals surface area contributed by atoms with Crippen molar-refractivity contribution in [2.24, 2.45) is 15.9 Å². The Morgan fingerprint density at radius 1 is 1.38 bits per heavy atom. The Kier molecular flexibility index (Phi) is 13.6. The van der Waals surface area contributed by atoms with Crippen LogP contribution in [0, 0.1) is 5.92 Å². The summed E-state index contributed by atoms with van der Waals surface area (Å²) in [4.78, 5) is 22.5. The van der Waals surface area contributed by atoms with E-state index in [1.165, 1.54) is 6.08 Å². The molecule has 0 aromatic carbocycles. The largest absolute Gasteiger partial charge is 0.396 e. The van der Waals surface area contributed by atoms with Crippen molar-refractivity contribution in [2.75, 3.05) is 19.4 Å². The molecule has 0 aromatic heterocycles. The first-order valence-electron chi connectivity index (χ1n) is 11.4. The molecule has 0 bridgehead atoms. The Morgan fingerprint density at radius 2 is 2.09 bits per heavy atom. The molecule has 0 spiro atoms. The van der Waals surface area contributed by atoms with Gasteiger partial charge < -0.3 is 10.0 Å². The fraction of sp³-hybridized carbons (Fsp3) is 0.500. The molecule has 5 nitrogen and oxygen atoms in total. The quantitative estimate of drug-likeness (QED) is 0.119. The van der Waals surface area contributed by atoms with Gasteiger partial charge in [-0.3, -0.25) is 9.79 Å². The second-order valence-electron chi connectivity index (χ2n) is 7.63. The molecule has 2 unspecified atom stereocenters. The molecule has 2 atom stereocenters. The zero-order valence-corrected chi connectivity index (χ0v) is 21.1. The number of aliphatic hydroxyl groups is 1. The average Bonchev–Trinajstić information content (AvgIpc) is 2.78. The molecule has 0 saturated heterocycles. The van der Waals surface area contributed by atoms with Gasteiger partial charge in [0.2, 0.25) is 0 Å². The maximum absolute atomic E-state index is 11.4. The van der Waals surface area contributed by atoms with Crippen molar-refractivity contribution < 1.29 is 9.90 Å². The molecule has 1 aliphatic rings. The third-order valence-electron chi connectivity index (χ3n) is 5.44. The summed E-state index contributed by atoms with van der Waals surface area (Å²) in [6.45, 7) is 12.7. The number of hydrogen-bond donors (Lipinski definition) is 1. The van der Waals surface area contributed by atoms with Crippen LogP contribution in [-0.2, 0) is 4.79 Å². The van der Waals surface area contributed by atoms with E-state index in [0.717, 1.165) is 53.0 Å². The van der Waals surface area contributed by atoms with Crippen LogP contribution in [0.1, 0.15) is 53.4 Å². The van der Waals surface area contributed by atoms with E-state index in [2.05, 4.69) is 36.5 Å². The predicted molar refractivity (Wildman–Crippen MR) is 140 cm³/mol. The van der Waals surface area contributed by atoms with Crippen LogP contribution >= 0.6 is 11.8 Å². The zero-order chi connectivity index (χ0) is 23.9. The topological polar surface area (TPSA) is 65.3 Å². The molecule has 1 aliphatic heterocycles. The monoisotopic (exact) mass is 457 g/mol. The van der Waals surface area contributed by atoms with Crippen molar-refractivity contribution >= 4 is 30.6 Å². The number of aliphatic imine (C=N–C) groups is 2. The summed E-state index contributed by atoms with van der Waals surface area (Å²) >= 11 is 1.76. The van der Waals surface area contributed by atoms with Gasteiger partial charge in [-0.2, -0.15) is 0 Å². The minimum absolute atomic E-state index is 0.134. The fourth-order valence-corrected chi connectivity index (χ4v) is 4.48. The molecule has 6 heteroatoms. The molecule has 0 aliphatic carbocycles. The number of nitrogens with zero attached hydrogens (tertiary/aromatic N) is 3. The van der Waals surface area contributed by atoms with Crippen LogP contribution in [0.25, 0.3) is 0 Å². The number of aliphatic hydroxyl groups excluding tert-OH is 1. The first-order valence-corrected chi connectivity index (χ1v) is 12.3. The second-order valence-corrected chi connectivity index (χ2v) is 8.91. The standard InChI is InChI=1S/C26H39N3O2S/c1-7-22(12-15-30)29(6)19-28-25(13-16-31)24(9-3)23(8-2)20(5)17-21-11-14-27-26(18-21)32-10-4/h8-9,13-14,16,18-19,21-22,30H,5,7,10-12,15,17H2,1-4,6H3/b23-8-,24-9+,25-13-,28-19?. The Labute approximate surface area is 198 Å². The highest BCUT2D eigenvalue weighted by atomic mass is 32.2. The Balaban J connectivity index is 3.06. The minimum Gasteiger partial charge on any atom is -0.396 e. The van der Waals surface area contributed by atoms with Gasteiger partial charge in [0.05, 0.1) is 17.1 Å². The van der Waals surface area contributed by atoms with Gasteiger partial charge in [-0.1, -0.05) is 32.6 Å². The van der Waals surface area contributed by atoms with Gasteiger partial charge >= 0.3 is 0 Å². The van der Waals surface area contributed by atoms with Crippen LogP contribution in [0.4, 0.5) is 0 Å². The van der Waals surface area contributed by atoms with Crippen LogP contribution in [0.2, 0.25) is 0 Å². The summed E-state index contributed by atoms with van der Waals surface area (Å²) in [6.07, 6.45) is 15.6. The number of allylic oxidation sites excluding steroid dienone is 6. The van der Waals surface area contributed by atoms with Gasteiger partial charge in [-0.05, 0) is 68.4 Å². The van der Waals surface area contributed by atoms with E-state index >= 15 is 0 Å². The second kappa shape index (κ2) is 15.6. The predicted octanol–water partition coefficient (Wildman–Crippen LogP) is 5.71. The average molecular weight is 458 g/mol. The van der Waals surface area contributed by atoms with Crippen LogP contribution in [0.3, 0.4) is 0 Å². The number of thioether (sulfide) groups is 1. The molecule has 0 aromatic rings. The van der Waals surface area contributed by atoms with Crippen LogP contribution in [0.15, 0.2) is 68.3 Å². The lowest BCUT2D eigenvalue weighted by atomic mass is 9.88. The van der Waals surface area contributed by atoms with Crippen molar-refractivity contribution in [3.8, 4) is 0 Å². The Hall–Kier alpha value is -2.18. The van der Waals surface area contributed by atoms with Crippen LogP contribution in [0.5, 0.6) is 0 Å². The molecule has 176 valence electrons. The molecular formula is C26H39N3O2S. The summed E-state index contributed by atoms with van der Waals surface area (Å²) in [5.41, 5.74) is 3.51. The van der Waals surface area contributed by atoms with Crippen molar-refractivity contribution in [1.29, 1.82) is 0 Å². The van der Waals surface area contributed by atoms with E-state index < -0.39 is 0 Å². The lowest BCUT2D eigenvalue weighted by Gasteiger charge is -2.24. The summed E-state index contributed by atoms with van der Waals surface area (Å²) in [6, 6.07) is 0.196. The Bertz CT molecular complexity index is 806. The zero-order valence-electron chi connectivity index (χ0n) is 20.3. The van der Waals surface area contributed by atoms with Crippen LogP contribution < -0.4 is 0 Å². The minimum atomic E-state index is 0.134. The molecule has 0 saturated carbocycles. The fourth-order valence-electron chi connectivity index (χ4n) is 3.74. The summed E-state index contributed by atoms with van der Waals surface area (Å²) in [7, 11) is 1.94. The highest BCUT2D eigenvalue weighted by Crippen LogP contribution is 2.33.